The van der Waals surface area contributed by atoms with E-state index in [0.717, 1.165) is 13.0 Å². The van der Waals surface area contributed by atoms with Gasteiger partial charge in [0.2, 0.25) is 0 Å². The molecule has 1 aliphatic heterocycles. The van der Waals surface area contributed by atoms with Gasteiger partial charge < -0.3 is 10.1 Å². The zero-order chi connectivity index (χ0) is 9.10. The van der Waals surface area contributed by atoms with Gasteiger partial charge in [0.05, 0.1) is 6.10 Å². The van der Waals surface area contributed by atoms with Crippen LogP contribution in [0.4, 0.5) is 0 Å². The van der Waals surface area contributed by atoms with Crippen LogP contribution in [0.3, 0.4) is 0 Å². The van der Waals surface area contributed by atoms with Crippen molar-refractivity contribution in [2.75, 3.05) is 13.7 Å². The van der Waals surface area contributed by atoms with Crippen molar-refractivity contribution in [1.82, 2.24) is 5.32 Å². The van der Waals surface area contributed by atoms with Crippen LogP contribution in [0.5, 0.6) is 0 Å². The molecule has 2 atom stereocenters. The first-order chi connectivity index (χ1) is 6.40. The van der Waals surface area contributed by atoms with Gasteiger partial charge in [-0.05, 0) is 12.0 Å². The van der Waals surface area contributed by atoms with Crippen molar-refractivity contribution in [3.63, 3.8) is 0 Å². The van der Waals surface area contributed by atoms with Crippen LogP contribution in [0.1, 0.15) is 5.56 Å². The molecule has 1 saturated heterocycles. The average molecular weight is 177 g/mol. The summed E-state index contributed by atoms with van der Waals surface area (Å²) in [5, 5.41) is 3.37. The molecule has 1 aromatic carbocycles. The number of rotatable bonds is 3. The molecular formula is C11H15NO. The number of hydrogen-bond donors (Lipinski definition) is 1. The molecule has 0 spiro atoms. The zero-order valence-corrected chi connectivity index (χ0v) is 7.86. The minimum Gasteiger partial charge on any atom is -0.378 e. The molecule has 0 unspecified atom stereocenters. The van der Waals surface area contributed by atoms with E-state index in [9.17, 15) is 0 Å². The number of methoxy groups -OCH3 is 1. The summed E-state index contributed by atoms with van der Waals surface area (Å²) in [7, 11) is 1.78. The molecular weight excluding hydrogens is 162 g/mol. The molecule has 13 heavy (non-hydrogen) atoms. The summed E-state index contributed by atoms with van der Waals surface area (Å²) in [6.45, 7) is 0.994. The van der Waals surface area contributed by atoms with Crippen LogP contribution in [0, 0.1) is 0 Å². The van der Waals surface area contributed by atoms with Crippen molar-refractivity contribution < 1.29 is 4.74 Å². The summed E-state index contributed by atoms with van der Waals surface area (Å²) in [6.07, 6.45) is 1.47. The van der Waals surface area contributed by atoms with E-state index < -0.39 is 0 Å². The smallest absolute Gasteiger partial charge is 0.0851 e. The highest BCUT2D eigenvalue weighted by atomic mass is 16.5. The minimum absolute atomic E-state index is 0.403. The molecule has 0 bridgehead atoms. The molecule has 70 valence electrons. The van der Waals surface area contributed by atoms with Gasteiger partial charge in [-0.1, -0.05) is 30.3 Å². The third-order valence-electron chi connectivity index (χ3n) is 2.63. The lowest BCUT2D eigenvalue weighted by atomic mass is 9.95. The summed E-state index contributed by atoms with van der Waals surface area (Å²) in [5.41, 5.74) is 1.38. The Labute approximate surface area is 78.9 Å². The van der Waals surface area contributed by atoms with Crippen LogP contribution in [0.15, 0.2) is 30.3 Å². The van der Waals surface area contributed by atoms with Gasteiger partial charge in [-0.2, -0.15) is 0 Å². The maximum Gasteiger partial charge on any atom is 0.0851 e. The highest BCUT2D eigenvalue weighted by Gasteiger charge is 2.29. The van der Waals surface area contributed by atoms with E-state index in [1.54, 1.807) is 7.11 Å². The van der Waals surface area contributed by atoms with Crippen LogP contribution in [0.2, 0.25) is 0 Å². The molecule has 2 rings (SSSR count). The van der Waals surface area contributed by atoms with Crippen molar-refractivity contribution in [3.8, 4) is 0 Å². The molecule has 0 radical (unpaired) electrons. The van der Waals surface area contributed by atoms with Gasteiger partial charge in [0, 0.05) is 19.7 Å². The van der Waals surface area contributed by atoms with Crippen molar-refractivity contribution in [2.24, 2.45) is 0 Å². The van der Waals surface area contributed by atoms with Crippen LogP contribution in [-0.2, 0) is 11.2 Å². The Balaban J connectivity index is 1.92. The third-order valence-corrected chi connectivity index (χ3v) is 2.63. The van der Waals surface area contributed by atoms with Gasteiger partial charge in [0.15, 0.2) is 0 Å². The van der Waals surface area contributed by atoms with E-state index in [1.165, 1.54) is 5.56 Å². The highest BCUT2D eigenvalue weighted by Crippen LogP contribution is 2.13. The maximum absolute atomic E-state index is 5.31. The van der Waals surface area contributed by atoms with Crippen molar-refractivity contribution in [3.05, 3.63) is 35.9 Å². The predicted octanol–water partition coefficient (Wildman–Crippen LogP) is 1.22. The number of benzene rings is 1. The first-order valence-corrected chi connectivity index (χ1v) is 4.70. The second-order valence-electron chi connectivity index (χ2n) is 3.48. The summed E-state index contributed by atoms with van der Waals surface area (Å²) in [5.74, 6) is 0. The van der Waals surface area contributed by atoms with Crippen molar-refractivity contribution >= 4 is 0 Å². The summed E-state index contributed by atoms with van der Waals surface area (Å²) in [4.78, 5) is 0. The van der Waals surface area contributed by atoms with Crippen LogP contribution in [0.25, 0.3) is 0 Å². The molecule has 0 saturated carbocycles. The fourth-order valence-electron chi connectivity index (χ4n) is 1.70. The zero-order valence-electron chi connectivity index (χ0n) is 7.86. The Kier molecular flexibility index (Phi) is 2.62. The average Bonchev–Trinajstić information content (AvgIpc) is 2.15. The van der Waals surface area contributed by atoms with E-state index in [2.05, 4.69) is 29.6 Å². The third kappa shape index (κ3) is 1.90. The lowest BCUT2D eigenvalue weighted by molar-refractivity contribution is 0.0163. The van der Waals surface area contributed by atoms with Crippen molar-refractivity contribution in [2.45, 2.75) is 18.6 Å². The van der Waals surface area contributed by atoms with E-state index in [4.69, 9.17) is 4.74 Å². The second-order valence-corrected chi connectivity index (χ2v) is 3.48. The normalized spacial score (nSPS) is 26.8. The molecule has 2 nitrogen and oxygen atoms in total. The largest absolute Gasteiger partial charge is 0.378 e. The van der Waals surface area contributed by atoms with Crippen LogP contribution < -0.4 is 5.32 Å². The first kappa shape index (κ1) is 8.73. The van der Waals surface area contributed by atoms with Crippen LogP contribution in [-0.4, -0.2) is 25.8 Å². The first-order valence-electron chi connectivity index (χ1n) is 4.70. The van der Waals surface area contributed by atoms with Gasteiger partial charge in [-0.15, -0.1) is 0 Å². The lowest BCUT2D eigenvalue weighted by Crippen LogP contribution is -2.59. The Bertz CT molecular complexity index is 258. The monoisotopic (exact) mass is 177 g/mol. The molecule has 0 aromatic heterocycles. The predicted molar refractivity (Wildman–Crippen MR) is 52.7 cm³/mol. The Morgan fingerprint density at radius 3 is 2.69 bits per heavy atom. The fraction of sp³-hybridized carbons (Fsp3) is 0.455. The summed E-state index contributed by atoms with van der Waals surface area (Å²) in [6, 6.07) is 11.0. The second kappa shape index (κ2) is 3.90. The molecule has 1 fully saturated rings. The number of ether oxygens (including phenoxy) is 1. The van der Waals surface area contributed by atoms with E-state index in [-0.39, 0.29) is 0 Å². The quantitative estimate of drug-likeness (QED) is 0.749. The van der Waals surface area contributed by atoms with Gasteiger partial charge in [0.25, 0.3) is 0 Å². The lowest BCUT2D eigenvalue weighted by Gasteiger charge is -2.37. The standard InChI is InChI=1S/C11H15NO/c1-13-11-8-12-10(11)7-9-5-3-2-4-6-9/h2-6,10-12H,7-8H2,1H3/t10-,11+/m1/s1. The molecule has 0 aliphatic carbocycles. The Morgan fingerprint density at radius 2 is 2.15 bits per heavy atom. The van der Waals surface area contributed by atoms with Crippen molar-refractivity contribution in [1.29, 1.82) is 0 Å². The topological polar surface area (TPSA) is 21.3 Å². The number of nitrogens with one attached hydrogen (secondary N) is 1. The van der Waals surface area contributed by atoms with E-state index in [0.29, 0.717) is 12.1 Å². The SMILES string of the molecule is CO[C@H]1CN[C@@H]1Cc1ccccc1. The Hall–Kier alpha value is -0.860. The van der Waals surface area contributed by atoms with Gasteiger partial charge in [0.1, 0.15) is 0 Å². The summed E-state index contributed by atoms with van der Waals surface area (Å²) < 4.78 is 5.31. The van der Waals surface area contributed by atoms with E-state index >= 15 is 0 Å². The van der Waals surface area contributed by atoms with Gasteiger partial charge in [-0.3, -0.25) is 0 Å². The van der Waals surface area contributed by atoms with Gasteiger partial charge in [-0.25, -0.2) is 0 Å². The summed E-state index contributed by atoms with van der Waals surface area (Å²) >= 11 is 0. The van der Waals surface area contributed by atoms with E-state index in [1.807, 2.05) is 6.07 Å². The number of hydrogen-bond acceptors (Lipinski definition) is 2. The molecule has 1 aromatic rings. The van der Waals surface area contributed by atoms with Gasteiger partial charge >= 0.3 is 0 Å². The Morgan fingerprint density at radius 1 is 1.38 bits per heavy atom. The fourth-order valence-corrected chi connectivity index (χ4v) is 1.70. The minimum atomic E-state index is 0.403. The molecule has 1 N–H and O–H groups in total. The molecule has 2 heteroatoms. The maximum atomic E-state index is 5.31. The van der Waals surface area contributed by atoms with Crippen LogP contribution >= 0.6 is 0 Å². The molecule has 1 aliphatic rings. The molecule has 0 amide bonds. The highest BCUT2D eigenvalue weighted by molar-refractivity contribution is 5.17. The molecule has 1 heterocycles.